The molecule has 1 aliphatic heterocycles. The molecular formula is C23H20F2N8O2S. The number of amidine groups is 1. The molecule has 0 aromatic carbocycles. The topological polar surface area (TPSA) is 137 Å². The molecule has 10 nitrogen and oxygen atoms in total. The van der Waals surface area contributed by atoms with Gasteiger partial charge in [-0.25, -0.2) is 29.3 Å². The van der Waals surface area contributed by atoms with E-state index in [-0.39, 0.29) is 23.3 Å². The summed E-state index contributed by atoms with van der Waals surface area (Å²) in [4.78, 5) is 25.7. The third kappa shape index (κ3) is 3.79. The van der Waals surface area contributed by atoms with Gasteiger partial charge in [-0.05, 0) is 25.5 Å². The Labute approximate surface area is 207 Å². The minimum absolute atomic E-state index is 0.113. The second-order valence-electron chi connectivity index (χ2n) is 8.79. The zero-order valence-corrected chi connectivity index (χ0v) is 19.8. The summed E-state index contributed by atoms with van der Waals surface area (Å²) in [6.45, 7) is 1.33. The molecule has 4 aromatic heterocycles. The van der Waals surface area contributed by atoms with Crippen LogP contribution in [-0.2, 0) is 12.1 Å². The highest BCUT2D eigenvalue weighted by Gasteiger charge is 2.67. The molecule has 0 spiro atoms. The first-order valence-electron chi connectivity index (χ1n) is 11.1. The van der Waals surface area contributed by atoms with E-state index in [0.29, 0.717) is 40.7 Å². The Morgan fingerprint density at radius 2 is 2.14 bits per heavy atom. The van der Waals surface area contributed by atoms with Crippen LogP contribution in [0.2, 0.25) is 0 Å². The minimum Gasteiger partial charge on any atom is -0.467 e. The molecule has 3 N–H and O–H groups in total. The molecule has 13 heteroatoms. The maximum atomic E-state index is 14.9. The number of hydrogen-bond acceptors (Lipinski definition) is 11. The summed E-state index contributed by atoms with van der Waals surface area (Å²) in [7, 11) is 0. The molecule has 4 aromatic rings. The number of nitrogens with one attached hydrogen (secondary N) is 1. The van der Waals surface area contributed by atoms with Crippen molar-refractivity contribution in [1.29, 1.82) is 0 Å². The van der Waals surface area contributed by atoms with Crippen molar-refractivity contribution in [3.8, 4) is 5.88 Å². The van der Waals surface area contributed by atoms with Crippen molar-refractivity contribution < 1.29 is 17.9 Å². The van der Waals surface area contributed by atoms with Gasteiger partial charge in [-0.15, -0.1) is 0 Å². The first kappa shape index (κ1) is 22.6. The maximum Gasteiger partial charge on any atom is 0.233 e. The second-order valence-corrected chi connectivity index (χ2v) is 10.2. The third-order valence-corrected chi connectivity index (χ3v) is 7.76. The lowest BCUT2D eigenvalue weighted by atomic mass is 9.86. The smallest absolute Gasteiger partial charge is 0.233 e. The number of pyridine rings is 2. The van der Waals surface area contributed by atoms with Crippen LogP contribution in [0.3, 0.4) is 0 Å². The quantitative estimate of drug-likeness (QED) is 0.352. The summed E-state index contributed by atoms with van der Waals surface area (Å²) in [6.07, 6.45) is 7.94. The van der Waals surface area contributed by atoms with E-state index in [1.165, 1.54) is 36.6 Å². The fourth-order valence-corrected chi connectivity index (χ4v) is 5.96. The van der Waals surface area contributed by atoms with Gasteiger partial charge in [-0.1, -0.05) is 11.8 Å². The number of nitrogens with two attached hydrogens (primary N) is 1. The molecule has 6 rings (SSSR count). The number of halogens is 2. The SMILES string of the molecule is C[C@@]1(c2cc(Nc3nccc4nc(OCc5ncco5)cnc34)cnc2F)N=C(N)S[C@@]2(CF)C[C@H]21. The van der Waals surface area contributed by atoms with E-state index >= 15 is 0 Å². The monoisotopic (exact) mass is 510 g/mol. The van der Waals surface area contributed by atoms with E-state index in [4.69, 9.17) is 14.9 Å². The lowest BCUT2D eigenvalue weighted by molar-refractivity contribution is 0.253. The molecule has 0 saturated heterocycles. The van der Waals surface area contributed by atoms with Crippen LogP contribution in [0.5, 0.6) is 5.88 Å². The molecule has 184 valence electrons. The molecule has 0 amide bonds. The Bertz CT molecular complexity index is 1490. The largest absolute Gasteiger partial charge is 0.467 e. The molecule has 36 heavy (non-hydrogen) atoms. The standard InChI is InChI=1S/C23H20F2N8O2S/c1-22(15-7-23(15,11-24)36-21(26)33-22)13-6-12(8-30-19(13)25)31-20-18-14(2-3-28-20)32-16(9-29-18)35-10-17-27-4-5-34-17/h2-6,8-9,15H,7,10-11H2,1H3,(H2,26,33)(H,28,31)/t15-,22-,23+/m0/s1. The van der Waals surface area contributed by atoms with Crippen molar-refractivity contribution in [3.05, 3.63) is 60.6 Å². The Balaban J connectivity index is 1.29. The van der Waals surface area contributed by atoms with Crippen LogP contribution in [0.15, 0.2) is 52.6 Å². The van der Waals surface area contributed by atoms with Gasteiger partial charge in [0.25, 0.3) is 0 Å². The van der Waals surface area contributed by atoms with Gasteiger partial charge in [0.1, 0.15) is 18.5 Å². The van der Waals surface area contributed by atoms with Crippen LogP contribution in [0.25, 0.3) is 11.0 Å². The number of nitrogens with zero attached hydrogens (tertiary/aromatic N) is 6. The first-order valence-corrected chi connectivity index (χ1v) is 11.9. The molecular weight excluding hydrogens is 490 g/mol. The van der Waals surface area contributed by atoms with Gasteiger partial charge in [0.05, 0.1) is 40.1 Å². The summed E-state index contributed by atoms with van der Waals surface area (Å²) in [5.41, 5.74) is 6.70. The van der Waals surface area contributed by atoms with E-state index in [9.17, 15) is 8.78 Å². The number of oxazole rings is 1. The van der Waals surface area contributed by atoms with Crippen LogP contribution in [-0.4, -0.2) is 41.5 Å². The van der Waals surface area contributed by atoms with Crippen molar-refractivity contribution in [2.24, 2.45) is 16.6 Å². The number of alkyl halides is 1. The number of anilines is 2. The molecule has 0 bridgehead atoms. The van der Waals surface area contributed by atoms with Crippen molar-refractivity contribution in [3.63, 3.8) is 0 Å². The Morgan fingerprint density at radius 3 is 2.94 bits per heavy atom. The van der Waals surface area contributed by atoms with Crippen molar-refractivity contribution >= 4 is 39.5 Å². The number of rotatable bonds is 7. The lowest BCUT2D eigenvalue weighted by Gasteiger charge is -2.33. The van der Waals surface area contributed by atoms with Crippen LogP contribution in [0.4, 0.5) is 20.3 Å². The minimum atomic E-state index is -1.03. The van der Waals surface area contributed by atoms with Crippen LogP contribution >= 0.6 is 11.8 Å². The molecule has 3 atom stereocenters. The number of aromatic nitrogens is 5. The van der Waals surface area contributed by atoms with E-state index in [1.807, 2.05) is 0 Å². The van der Waals surface area contributed by atoms with Crippen LogP contribution < -0.4 is 15.8 Å². The number of aliphatic imine (C=N–C) groups is 1. The fourth-order valence-electron chi connectivity index (χ4n) is 4.63. The van der Waals surface area contributed by atoms with Gasteiger partial charge in [-0.2, -0.15) is 4.39 Å². The lowest BCUT2D eigenvalue weighted by Crippen LogP contribution is -2.37. The van der Waals surface area contributed by atoms with Crippen molar-refractivity contribution in [1.82, 2.24) is 24.9 Å². The van der Waals surface area contributed by atoms with Crippen LogP contribution in [0, 0.1) is 11.9 Å². The highest BCUT2D eigenvalue weighted by molar-refractivity contribution is 8.15. The highest BCUT2D eigenvalue weighted by Crippen LogP contribution is 2.66. The van der Waals surface area contributed by atoms with E-state index in [1.54, 1.807) is 25.3 Å². The second kappa shape index (κ2) is 8.36. The molecule has 0 radical (unpaired) electrons. The van der Waals surface area contributed by atoms with Gasteiger partial charge in [-0.3, -0.25) is 4.99 Å². The predicted molar refractivity (Wildman–Crippen MR) is 129 cm³/mol. The predicted octanol–water partition coefficient (Wildman–Crippen LogP) is 3.87. The summed E-state index contributed by atoms with van der Waals surface area (Å²) < 4.78 is 38.8. The van der Waals surface area contributed by atoms with Crippen molar-refractivity contribution in [2.75, 3.05) is 12.0 Å². The summed E-state index contributed by atoms with van der Waals surface area (Å²) in [6, 6.07) is 3.31. The molecule has 1 saturated carbocycles. The van der Waals surface area contributed by atoms with Gasteiger partial charge in [0.15, 0.2) is 17.6 Å². The summed E-state index contributed by atoms with van der Waals surface area (Å²) >= 11 is 1.23. The number of hydrogen-bond donors (Lipinski definition) is 2. The summed E-state index contributed by atoms with van der Waals surface area (Å²) in [5, 5.41) is 3.38. The molecule has 1 aliphatic carbocycles. The van der Waals surface area contributed by atoms with Gasteiger partial charge in [0.2, 0.25) is 17.7 Å². The van der Waals surface area contributed by atoms with E-state index < -0.39 is 22.9 Å². The molecule has 1 fully saturated rings. The first-order chi connectivity index (χ1) is 17.4. The van der Waals surface area contributed by atoms with Gasteiger partial charge < -0.3 is 20.2 Å². The van der Waals surface area contributed by atoms with Gasteiger partial charge >= 0.3 is 0 Å². The maximum absolute atomic E-state index is 14.9. The van der Waals surface area contributed by atoms with Gasteiger partial charge in [0, 0.05) is 17.7 Å². The third-order valence-electron chi connectivity index (χ3n) is 6.49. The van der Waals surface area contributed by atoms with Crippen LogP contribution in [0.1, 0.15) is 24.8 Å². The van der Waals surface area contributed by atoms with Crippen molar-refractivity contribution in [2.45, 2.75) is 30.2 Å². The zero-order chi connectivity index (χ0) is 24.9. The van der Waals surface area contributed by atoms with E-state index in [0.717, 1.165) is 0 Å². The zero-order valence-electron chi connectivity index (χ0n) is 19.0. The normalized spacial score (nSPS) is 24.8. The molecule has 0 unspecified atom stereocenters. The fraction of sp³-hybridized carbons (Fsp3) is 0.304. The number of ether oxygens (including phenoxy) is 1. The van der Waals surface area contributed by atoms with E-state index in [2.05, 4.69) is 35.2 Å². The average molecular weight is 511 g/mol. The molecule has 2 aliphatic rings. The molecule has 5 heterocycles. The highest BCUT2D eigenvalue weighted by atomic mass is 32.2. The summed E-state index contributed by atoms with van der Waals surface area (Å²) in [5.74, 6) is 0.248. The Morgan fingerprint density at radius 1 is 1.25 bits per heavy atom. The Kier molecular flexibility index (Phi) is 5.25. The Hall–Kier alpha value is -3.87. The number of thioether (sulfide) groups is 1. The average Bonchev–Trinajstić information content (AvgIpc) is 3.38. The number of fused-ring (bicyclic) bond motifs is 2.